The van der Waals surface area contributed by atoms with Gasteiger partial charge in [0.2, 0.25) is 0 Å². The van der Waals surface area contributed by atoms with Crippen LogP contribution in [-0.4, -0.2) is 86.2 Å². The van der Waals surface area contributed by atoms with Crippen molar-refractivity contribution in [3.05, 3.63) is 36.3 Å². The molecule has 194 valence electrons. The Kier molecular flexibility index (Phi) is 8.79. The number of methoxy groups -OCH3 is 1. The van der Waals surface area contributed by atoms with Crippen LogP contribution < -0.4 is 9.46 Å². The molecule has 0 bridgehead atoms. The highest BCUT2D eigenvalue weighted by atomic mass is 32.2. The number of benzene rings is 1. The maximum atomic E-state index is 13.3. The van der Waals surface area contributed by atoms with Gasteiger partial charge < -0.3 is 18.9 Å². The van der Waals surface area contributed by atoms with Crippen molar-refractivity contribution in [1.29, 1.82) is 0 Å². The van der Waals surface area contributed by atoms with E-state index < -0.39 is 10.0 Å². The number of carbonyl (C=O) groups is 1. The molecule has 1 amide bonds. The number of sulfonamides is 1. The van der Waals surface area contributed by atoms with Crippen LogP contribution in [0.25, 0.3) is 0 Å². The summed E-state index contributed by atoms with van der Waals surface area (Å²) in [6.07, 6.45) is 3.72. The second kappa shape index (κ2) is 11.4. The normalized spacial score (nSPS) is 22.6. The number of fused-ring (bicyclic) bond motifs is 1. The molecule has 2 heterocycles. The molecular formula is C24H37N5O5S. The van der Waals surface area contributed by atoms with Gasteiger partial charge in [0, 0.05) is 52.6 Å². The summed E-state index contributed by atoms with van der Waals surface area (Å²) < 4.78 is 41.5. The Morgan fingerprint density at radius 2 is 1.97 bits per heavy atom. The Bertz CT molecular complexity index is 1120. The highest BCUT2D eigenvalue weighted by Crippen LogP contribution is 2.28. The molecule has 1 aromatic heterocycles. The molecule has 0 unspecified atom stereocenters. The van der Waals surface area contributed by atoms with Crippen LogP contribution in [-0.2, 0) is 21.8 Å². The predicted octanol–water partition coefficient (Wildman–Crippen LogP) is 2.44. The number of aryl methyl sites for hydroxylation is 1. The zero-order valence-electron chi connectivity index (χ0n) is 21.4. The second-order valence-electron chi connectivity index (χ2n) is 9.29. The molecule has 1 aliphatic rings. The van der Waals surface area contributed by atoms with Crippen molar-refractivity contribution in [2.45, 2.75) is 44.4 Å². The number of hydrogen-bond acceptors (Lipinski definition) is 7. The number of amides is 1. The highest BCUT2D eigenvalue weighted by Gasteiger charge is 2.28. The number of hydrogen-bond donors (Lipinski definition) is 1. The number of carbonyl (C=O) groups excluding carboxylic acids is 1. The van der Waals surface area contributed by atoms with E-state index in [1.165, 1.54) is 12.5 Å². The molecule has 1 aliphatic heterocycles. The molecule has 0 spiro atoms. The number of likely N-dealkylation sites (N-methyl/N-ethyl adjacent to an activating group) is 1. The van der Waals surface area contributed by atoms with E-state index in [-0.39, 0.29) is 29.0 Å². The van der Waals surface area contributed by atoms with Gasteiger partial charge in [0.1, 0.15) is 12.4 Å². The van der Waals surface area contributed by atoms with Gasteiger partial charge in [-0.1, -0.05) is 13.8 Å². The third kappa shape index (κ3) is 6.53. The van der Waals surface area contributed by atoms with Crippen molar-refractivity contribution in [3.63, 3.8) is 0 Å². The molecule has 1 N–H and O–H groups in total. The van der Waals surface area contributed by atoms with Crippen molar-refractivity contribution < 1.29 is 22.7 Å². The number of ether oxygens (including phenoxy) is 2. The summed E-state index contributed by atoms with van der Waals surface area (Å²) in [7, 11) is 1.22. The van der Waals surface area contributed by atoms with Gasteiger partial charge in [0.25, 0.3) is 15.9 Å². The summed E-state index contributed by atoms with van der Waals surface area (Å²) in [4.78, 5) is 21.2. The zero-order chi connectivity index (χ0) is 25.8. The predicted molar refractivity (Wildman–Crippen MR) is 134 cm³/mol. The van der Waals surface area contributed by atoms with E-state index in [0.29, 0.717) is 30.2 Å². The summed E-state index contributed by atoms with van der Waals surface area (Å²) in [5.41, 5.74) is 0.656. The molecule has 3 atom stereocenters. The smallest absolute Gasteiger partial charge is 0.280 e. The Hall–Kier alpha value is -2.63. The molecule has 3 rings (SSSR count). The summed E-state index contributed by atoms with van der Waals surface area (Å²) in [5, 5.41) is -0.0898. The lowest BCUT2D eigenvalue weighted by atomic mass is 10.0. The summed E-state index contributed by atoms with van der Waals surface area (Å²) in [5.74, 6) is 0.326. The number of anilines is 1. The molecule has 0 fully saturated rings. The van der Waals surface area contributed by atoms with Crippen LogP contribution in [0.5, 0.6) is 5.75 Å². The van der Waals surface area contributed by atoms with Crippen LogP contribution in [0.15, 0.2) is 35.7 Å². The summed E-state index contributed by atoms with van der Waals surface area (Å²) in [6.45, 7) is 8.89. The van der Waals surface area contributed by atoms with Gasteiger partial charge in [-0.05, 0) is 37.9 Å². The number of aromatic nitrogens is 2. The van der Waals surface area contributed by atoms with Crippen LogP contribution in [0.3, 0.4) is 0 Å². The van der Waals surface area contributed by atoms with Crippen molar-refractivity contribution in [3.8, 4) is 5.75 Å². The second-order valence-corrected chi connectivity index (χ2v) is 10.9. The van der Waals surface area contributed by atoms with Gasteiger partial charge in [-0.25, -0.2) is 4.98 Å². The van der Waals surface area contributed by atoms with Crippen molar-refractivity contribution >= 4 is 21.6 Å². The molecule has 0 radical (unpaired) electrons. The first kappa shape index (κ1) is 27.0. The standard InChI is InChI=1S/C24H37N5O5S/c1-7-10-29-12-17(2)22(33-6)13-28(5)24(30)20-9-8-19(11-21(20)34-15-18(29)3)26-35(31,32)23-14-27(4)16-25-23/h8-9,11,14,16-18,22,26H,7,10,12-13,15H2,1-6H3/t17-,18-,22-/m1/s1. The quantitative estimate of drug-likeness (QED) is 0.640. The minimum absolute atomic E-state index is 0.0869. The Balaban J connectivity index is 1.95. The molecule has 0 aliphatic carbocycles. The lowest BCUT2D eigenvalue weighted by Gasteiger charge is -2.35. The van der Waals surface area contributed by atoms with E-state index in [4.69, 9.17) is 9.47 Å². The van der Waals surface area contributed by atoms with Crippen LogP contribution in [0.4, 0.5) is 5.69 Å². The first-order valence-electron chi connectivity index (χ1n) is 11.9. The summed E-state index contributed by atoms with van der Waals surface area (Å²) in [6, 6.07) is 4.80. The van der Waals surface area contributed by atoms with Crippen molar-refractivity contribution in [2.24, 2.45) is 13.0 Å². The average Bonchev–Trinajstić information content (AvgIpc) is 3.26. The molecule has 0 saturated heterocycles. The van der Waals surface area contributed by atoms with E-state index in [0.717, 1.165) is 19.5 Å². The highest BCUT2D eigenvalue weighted by molar-refractivity contribution is 7.92. The number of nitrogens with zero attached hydrogens (tertiary/aromatic N) is 4. The summed E-state index contributed by atoms with van der Waals surface area (Å²) >= 11 is 0. The fraction of sp³-hybridized carbons (Fsp3) is 0.583. The minimum Gasteiger partial charge on any atom is -0.491 e. The van der Waals surface area contributed by atoms with E-state index in [9.17, 15) is 13.2 Å². The van der Waals surface area contributed by atoms with E-state index in [2.05, 4.69) is 35.4 Å². The molecule has 1 aromatic carbocycles. The maximum absolute atomic E-state index is 13.3. The zero-order valence-corrected chi connectivity index (χ0v) is 22.2. The lowest BCUT2D eigenvalue weighted by molar-refractivity contribution is 0.0108. The van der Waals surface area contributed by atoms with Gasteiger partial charge in [0.15, 0.2) is 5.03 Å². The molecule has 2 aromatic rings. The van der Waals surface area contributed by atoms with E-state index >= 15 is 0 Å². The van der Waals surface area contributed by atoms with Crippen molar-refractivity contribution in [1.82, 2.24) is 19.4 Å². The van der Waals surface area contributed by atoms with Gasteiger partial charge in [-0.2, -0.15) is 8.42 Å². The Morgan fingerprint density at radius 1 is 1.23 bits per heavy atom. The Labute approximate surface area is 208 Å². The van der Waals surface area contributed by atoms with Crippen LogP contribution in [0.2, 0.25) is 0 Å². The fourth-order valence-electron chi connectivity index (χ4n) is 4.24. The first-order chi connectivity index (χ1) is 16.6. The topological polar surface area (TPSA) is 106 Å². The molecule has 35 heavy (non-hydrogen) atoms. The number of nitrogens with one attached hydrogen (secondary N) is 1. The van der Waals surface area contributed by atoms with Gasteiger partial charge in [-0.3, -0.25) is 14.4 Å². The van der Waals surface area contributed by atoms with Crippen LogP contribution in [0.1, 0.15) is 37.6 Å². The maximum Gasteiger partial charge on any atom is 0.280 e. The fourth-order valence-corrected chi connectivity index (χ4v) is 5.28. The number of imidazole rings is 1. The first-order valence-corrected chi connectivity index (χ1v) is 13.3. The molecule has 10 nitrogen and oxygen atoms in total. The van der Waals surface area contributed by atoms with Crippen molar-refractivity contribution in [2.75, 3.05) is 45.1 Å². The van der Waals surface area contributed by atoms with Gasteiger partial charge in [-0.15, -0.1) is 0 Å². The van der Waals surface area contributed by atoms with Crippen LogP contribution in [0, 0.1) is 5.92 Å². The Morgan fingerprint density at radius 3 is 2.60 bits per heavy atom. The average molecular weight is 508 g/mol. The largest absolute Gasteiger partial charge is 0.491 e. The molecule has 0 saturated carbocycles. The SMILES string of the molecule is CCCN1C[C@@H](C)[C@H](OC)CN(C)C(=O)c2ccc(NS(=O)(=O)c3cn(C)cn3)cc2OC[C@H]1C. The monoisotopic (exact) mass is 507 g/mol. The van der Waals surface area contributed by atoms with Crippen LogP contribution >= 0.6 is 0 Å². The van der Waals surface area contributed by atoms with E-state index in [1.807, 2.05) is 0 Å². The number of rotatable bonds is 6. The molecule has 11 heteroatoms. The van der Waals surface area contributed by atoms with Gasteiger partial charge in [0.05, 0.1) is 23.7 Å². The third-order valence-electron chi connectivity index (χ3n) is 6.30. The molecular weight excluding hydrogens is 470 g/mol. The minimum atomic E-state index is -3.88. The lowest BCUT2D eigenvalue weighted by Crippen LogP contribution is -2.46. The van der Waals surface area contributed by atoms with Gasteiger partial charge >= 0.3 is 0 Å². The third-order valence-corrected chi connectivity index (χ3v) is 7.56. The van der Waals surface area contributed by atoms with E-state index in [1.54, 1.807) is 48.9 Å².